The largest absolute Gasteiger partial charge is 0.349 e. The van der Waals surface area contributed by atoms with Crippen LogP contribution in [0.5, 0.6) is 0 Å². The summed E-state index contributed by atoms with van der Waals surface area (Å²) in [6, 6.07) is 1.11. The fourth-order valence-electron chi connectivity index (χ4n) is 2.43. The first-order valence-corrected chi connectivity index (χ1v) is 8.67. The third-order valence-electron chi connectivity index (χ3n) is 3.41. The first-order valence-electron chi connectivity index (χ1n) is 7.06. The first kappa shape index (κ1) is 15.8. The molecule has 0 bridgehead atoms. The smallest absolute Gasteiger partial charge is 0.238 e. The predicted octanol–water partition coefficient (Wildman–Crippen LogP) is 0.297. The van der Waals surface area contributed by atoms with Gasteiger partial charge >= 0.3 is 0 Å². The topological polar surface area (TPSA) is 92.3 Å². The maximum atomic E-state index is 12.2. The van der Waals surface area contributed by atoms with Gasteiger partial charge in [0.05, 0.1) is 18.0 Å². The van der Waals surface area contributed by atoms with E-state index in [-0.39, 0.29) is 18.2 Å². The van der Waals surface area contributed by atoms with Crippen LogP contribution in [0.2, 0.25) is 0 Å². The van der Waals surface area contributed by atoms with Gasteiger partial charge in [-0.25, -0.2) is 18.4 Å². The summed E-state index contributed by atoms with van der Waals surface area (Å²) >= 11 is 0. The number of carbonyl (C=O) groups excluding carboxylic acids is 1. The quantitative estimate of drug-likeness (QED) is 0.815. The van der Waals surface area contributed by atoms with Crippen LogP contribution in [0, 0.1) is 0 Å². The molecule has 7 nitrogen and oxygen atoms in total. The summed E-state index contributed by atoms with van der Waals surface area (Å²) in [5.41, 5.74) is 0.694. The lowest BCUT2D eigenvalue weighted by Crippen LogP contribution is -2.46. The van der Waals surface area contributed by atoms with Crippen LogP contribution in [0.3, 0.4) is 0 Å². The Hall–Kier alpha value is -1.54. The van der Waals surface area contributed by atoms with Crippen molar-refractivity contribution in [3.8, 4) is 0 Å². The Labute approximate surface area is 124 Å². The lowest BCUT2D eigenvalue weighted by atomic mass is 10.2. The van der Waals surface area contributed by atoms with Crippen molar-refractivity contribution in [2.24, 2.45) is 0 Å². The summed E-state index contributed by atoms with van der Waals surface area (Å²) in [6.45, 7) is 2.52. The van der Waals surface area contributed by atoms with E-state index in [1.165, 1.54) is 10.6 Å². The number of nitrogens with zero attached hydrogens (tertiary/aromatic N) is 3. The second-order valence-corrected chi connectivity index (χ2v) is 7.04. The van der Waals surface area contributed by atoms with Crippen LogP contribution in [0.4, 0.5) is 0 Å². The van der Waals surface area contributed by atoms with Crippen molar-refractivity contribution in [2.75, 3.05) is 12.3 Å². The molecule has 1 aromatic rings. The Morgan fingerprint density at radius 3 is 3.00 bits per heavy atom. The van der Waals surface area contributed by atoms with Crippen molar-refractivity contribution in [1.29, 1.82) is 0 Å². The number of amides is 1. The van der Waals surface area contributed by atoms with Crippen molar-refractivity contribution in [3.05, 3.63) is 24.3 Å². The molecule has 1 aromatic heterocycles. The van der Waals surface area contributed by atoms with Crippen LogP contribution in [0.25, 0.3) is 0 Å². The second-order valence-electron chi connectivity index (χ2n) is 5.00. The summed E-state index contributed by atoms with van der Waals surface area (Å²) in [5, 5.41) is 2.75. The van der Waals surface area contributed by atoms with E-state index >= 15 is 0 Å². The summed E-state index contributed by atoms with van der Waals surface area (Å²) in [6.07, 6.45) is 4.85. The van der Waals surface area contributed by atoms with Gasteiger partial charge in [-0.1, -0.05) is 6.92 Å². The van der Waals surface area contributed by atoms with Crippen LogP contribution in [0.15, 0.2) is 18.6 Å². The van der Waals surface area contributed by atoms with Gasteiger partial charge in [-0.2, -0.15) is 4.31 Å². The Bertz CT molecular complexity index is 576. The molecule has 1 atom stereocenters. The zero-order valence-electron chi connectivity index (χ0n) is 12.0. The monoisotopic (exact) mass is 312 g/mol. The van der Waals surface area contributed by atoms with Gasteiger partial charge in [-0.05, 0) is 25.3 Å². The molecule has 0 aromatic carbocycles. The van der Waals surface area contributed by atoms with Gasteiger partial charge in [0.15, 0.2) is 0 Å². The van der Waals surface area contributed by atoms with Crippen molar-refractivity contribution >= 4 is 15.9 Å². The van der Waals surface area contributed by atoms with Crippen molar-refractivity contribution < 1.29 is 13.2 Å². The molecule has 21 heavy (non-hydrogen) atoms. The van der Waals surface area contributed by atoms with E-state index < -0.39 is 16.1 Å². The lowest BCUT2D eigenvalue weighted by Gasteiger charge is -2.23. The molecule has 1 fully saturated rings. The molecular weight excluding hydrogens is 292 g/mol. The molecule has 0 radical (unpaired) electrons. The van der Waals surface area contributed by atoms with Gasteiger partial charge in [-0.3, -0.25) is 4.79 Å². The molecule has 1 N–H and O–H groups in total. The Morgan fingerprint density at radius 2 is 2.33 bits per heavy atom. The molecule has 1 unspecified atom stereocenters. The van der Waals surface area contributed by atoms with E-state index in [2.05, 4.69) is 15.3 Å². The fourth-order valence-corrected chi connectivity index (χ4v) is 4.18. The maximum absolute atomic E-state index is 12.2. The van der Waals surface area contributed by atoms with Crippen molar-refractivity contribution in [2.45, 2.75) is 38.8 Å². The first-order chi connectivity index (χ1) is 10.0. The van der Waals surface area contributed by atoms with E-state index in [1.807, 2.05) is 6.92 Å². The molecule has 116 valence electrons. The summed E-state index contributed by atoms with van der Waals surface area (Å²) in [5.74, 6) is -0.173. The number of sulfonamides is 1. The standard InChI is InChI=1S/C13H20N4O3S/c1-2-8-21(19,20)17-7-3-4-12(17)13(18)15-9-11-5-6-14-10-16-11/h5-6,10,12H,2-4,7-9H2,1H3,(H,15,18). The van der Waals surface area contributed by atoms with Crippen LogP contribution in [-0.4, -0.2) is 46.9 Å². The number of rotatable bonds is 6. The number of carbonyl (C=O) groups is 1. The van der Waals surface area contributed by atoms with Crippen molar-refractivity contribution in [3.63, 3.8) is 0 Å². The molecule has 0 aliphatic carbocycles. The minimum Gasteiger partial charge on any atom is -0.349 e. The Morgan fingerprint density at radius 1 is 1.52 bits per heavy atom. The minimum atomic E-state index is -3.34. The predicted molar refractivity (Wildman–Crippen MR) is 77.7 cm³/mol. The van der Waals surface area contributed by atoms with Gasteiger partial charge in [0.25, 0.3) is 0 Å². The minimum absolute atomic E-state index is 0.0860. The molecule has 0 spiro atoms. The van der Waals surface area contributed by atoms with E-state index in [1.54, 1.807) is 12.3 Å². The highest BCUT2D eigenvalue weighted by Gasteiger charge is 2.37. The molecule has 1 aliphatic heterocycles. The highest BCUT2D eigenvalue weighted by atomic mass is 32.2. The summed E-state index contributed by atoms with van der Waals surface area (Å²) in [7, 11) is -3.34. The Kier molecular flexibility index (Phi) is 5.24. The molecule has 0 saturated carbocycles. The molecule has 1 saturated heterocycles. The fraction of sp³-hybridized carbons (Fsp3) is 0.615. The third-order valence-corrected chi connectivity index (χ3v) is 5.49. The summed E-state index contributed by atoms with van der Waals surface area (Å²) < 4.78 is 25.6. The average molecular weight is 312 g/mol. The number of hydrogen-bond donors (Lipinski definition) is 1. The van der Waals surface area contributed by atoms with Crippen LogP contribution in [-0.2, 0) is 21.4 Å². The highest BCUT2D eigenvalue weighted by molar-refractivity contribution is 7.89. The van der Waals surface area contributed by atoms with E-state index in [0.717, 1.165) is 0 Å². The van der Waals surface area contributed by atoms with Gasteiger partial charge in [0, 0.05) is 12.7 Å². The van der Waals surface area contributed by atoms with Gasteiger partial charge < -0.3 is 5.32 Å². The zero-order valence-corrected chi connectivity index (χ0v) is 12.8. The van der Waals surface area contributed by atoms with E-state index in [9.17, 15) is 13.2 Å². The maximum Gasteiger partial charge on any atom is 0.238 e. The molecular formula is C13H20N4O3S. The number of aromatic nitrogens is 2. The Balaban J connectivity index is 1.98. The van der Waals surface area contributed by atoms with E-state index in [4.69, 9.17) is 0 Å². The van der Waals surface area contributed by atoms with Crippen LogP contribution in [0.1, 0.15) is 31.9 Å². The molecule has 1 aliphatic rings. The molecule has 8 heteroatoms. The zero-order chi connectivity index (χ0) is 15.3. The normalized spacial score (nSPS) is 19.6. The average Bonchev–Trinajstić information content (AvgIpc) is 2.96. The molecule has 1 amide bonds. The third kappa shape index (κ3) is 3.98. The van der Waals surface area contributed by atoms with Gasteiger partial charge in [0.1, 0.15) is 12.4 Å². The summed E-state index contributed by atoms with van der Waals surface area (Å²) in [4.78, 5) is 20.0. The lowest BCUT2D eigenvalue weighted by molar-refractivity contribution is -0.124. The van der Waals surface area contributed by atoms with Gasteiger partial charge in [0.2, 0.25) is 15.9 Å². The van der Waals surface area contributed by atoms with Gasteiger partial charge in [-0.15, -0.1) is 0 Å². The SMILES string of the molecule is CCCS(=O)(=O)N1CCCC1C(=O)NCc1ccncn1. The number of nitrogens with one attached hydrogen (secondary N) is 1. The van der Waals surface area contributed by atoms with Crippen molar-refractivity contribution in [1.82, 2.24) is 19.6 Å². The van der Waals surface area contributed by atoms with Crippen LogP contribution < -0.4 is 5.32 Å². The van der Waals surface area contributed by atoms with Crippen LogP contribution >= 0.6 is 0 Å². The highest BCUT2D eigenvalue weighted by Crippen LogP contribution is 2.22. The molecule has 2 rings (SSSR count). The second kappa shape index (κ2) is 6.95. The molecule has 2 heterocycles. The van der Waals surface area contributed by atoms with E-state index in [0.29, 0.717) is 31.5 Å². The number of hydrogen-bond acceptors (Lipinski definition) is 5.